The van der Waals surface area contributed by atoms with Gasteiger partial charge in [-0.3, -0.25) is 4.99 Å². The van der Waals surface area contributed by atoms with Crippen molar-refractivity contribution in [3.63, 3.8) is 0 Å². The van der Waals surface area contributed by atoms with Gasteiger partial charge < -0.3 is 0 Å². The minimum Gasteiger partial charge on any atom is -0.293 e. The van der Waals surface area contributed by atoms with Crippen molar-refractivity contribution in [3.8, 4) is 0 Å². The third-order valence-corrected chi connectivity index (χ3v) is 3.08. The van der Waals surface area contributed by atoms with Crippen LogP contribution < -0.4 is 0 Å². The summed E-state index contributed by atoms with van der Waals surface area (Å²) in [7, 11) is 1.86. The zero-order valence-electron chi connectivity index (χ0n) is 11.1. The van der Waals surface area contributed by atoms with Gasteiger partial charge in [0.15, 0.2) is 0 Å². The van der Waals surface area contributed by atoms with E-state index in [0.717, 1.165) is 11.6 Å². The molecule has 15 heavy (non-hydrogen) atoms. The Labute approximate surface area is 95.7 Å². The number of nitrogens with zero attached hydrogens (tertiary/aromatic N) is 1. The second-order valence-corrected chi connectivity index (χ2v) is 4.35. The summed E-state index contributed by atoms with van der Waals surface area (Å²) in [6, 6.07) is 0. The summed E-state index contributed by atoms with van der Waals surface area (Å²) in [5.41, 5.74) is 2.64. The fourth-order valence-electron chi connectivity index (χ4n) is 1.91. The van der Waals surface area contributed by atoms with Crippen LogP contribution in [-0.4, -0.2) is 12.8 Å². The maximum Gasteiger partial charge on any atom is 0.0313 e. The van der Waals surface area contributed by atoms with E-state index in [2.05, 4.69) is 38.8 Å². The van der Waals surface area contributed by atoms with Crippen molar-refractivity contribution in [3.05, 3.63) is 11.6 Å². The van der Waals surface area contributed by atoms with Gasteiger partial charge in [-0.2, -0.15) is 0 Å². The lowest BCUT2D eigenvalue weighted by molar-refractivity contribution is 0.504. The van der Waals surface area contributed by atoms with E-state index in [-0.39, 0.29) is 0 Å². The topological polar surface area (TPSA) is 12.4 Å². The van der Waals surface area contributed by atoms with Crippen molar-refractivity contribution in [2.24, 2.45) is 10.9 Å². The van der Waals surface area contributed by atoms with Crippen LogP contribution in [-0.2, 0) is 0 Å². The Morgan fingerprint density at radius 1 is 1.20 bits per heavy atom. The normalized spacial score (nSPS) is 15.5. The zero-order chi connectivity index (χ0) is 11.7. The molecular formula is C14H27N. The third kappa shape index (κ3) is 6.48. The maximum absolute atomic E-state index is 4.18. The van der Waals surface area contributed by atoms with Crippen LogP contribution in [0.25, 0.3) is 0 Å². The molecule has 1 atom stereocenters. The van der Waals surface area contributed by atoms with Gasteiger partial charge >= 0.3 is 0 Å². The lowest BCUT2D eigenvalue weighted by Gasteiger charge is -2.15. The number of allylic oxidation sites excluding steroid dienone is 2. The molecule has 0 heterocycles. The number of rotatable bonds is 7. The largest absolute Gasteiger partial charge is 0.293 e. The van der Waals surface area contributed by atoms with Crippen molar-refractivity contribution in [2.45, 2.75) is 59.8 Å². The van der Waals surface area contributed by atoms with Crippen molar-refractivity contribution in [2.75, 3.05) is 7.05 Å². The molecule has 0 radical (unpaired) electrons. The molecule has 0 spiro atoms. The van der Waals surface area contributed by atoms with E-state index < -0.39 is 0 Å². The van der Waals surface area contributed by atoms with E-state index in [1.807, 2.05) is 7.05 Å². The molecule has 1 nitrogen and oxygen atoms in total. The van der Waals surface area contributed by atoms with Gasteiger partial charge in [0, 0.05) is 12.8 Å². The average Bonchev–Trinajstić information content (AvgIpc) is 2.24. The van der Waals surface area contributed by atoms with Gasteiger partial charge in [0.25, 0.3) is 0 Å². The molecule has 0 rings (SSSR count). The standard InChI is InChI=1S/C14H27N/c1-6-8-9-10-14(7-2)12(3)11-13(4)15-5/h11,14H,6-10H2,1-5H3/b12-11+,15-13?. The molecule has 0 aliphatic rings. The predicted molar refractivity (Wildman–Crippen MR) is 70.7 cm³/mol. The molecule has 0 bridgehead atoms. The summed E-state index contributed by atoms with van der Waals surface area (Å²) in [5.74, 6) is 0.758. The summed E-state index contributed by atoms with van der Waals surface area (Å²) in [6.07, 6.45) is 8.87. The second-order valence-electron chi connectivity index (χ2n) is 4.35. The van der Waals surface area contributed by atoms with Crippen molar-refractivity contribution in [1.82, 2.24) is 0 Å². The SMILES string of the molecule is CCCCCC(CC)/C(C)=C/C(C)=NC. The summed E-state index contributed by atoms with van der Waals surface area (Å²) >= 11 is 0. The molecule has 1 heteroatoms. The highest BCUT2D eigenvalue weighted by Gasteiger charge is 2.07. The molecule has 0 fully saturated rings. The van der Waals surface area contributed by atoms with Gasteiger partial charge in [0.05, 0.1) is 0 Å². The minimum atomic E-state index is 0.758. The van der Waals surface area contributed by atoms with Gasteiger partial charge in [-0.05, 0) is 38.7 Å². The Kier molecular flexibility index (Phi) is 8.35. The van der Waals surface area contributed by atoms with Gasteiger partial charge in [-0.15, -0.1) is 0 Å². The Morgan fingerprint density at radius 2 is 1.87 bits per heavy atom. The average molecular weight is 209 g/mol. The first-order valence-electron chi connectivity index (χ1n) is 6.27. The fraction of sp³-hybridized carbons (Fsp3) is 0.786. The number of unbranched alkanes of at least 4 members (excludes halogenated alkanes) is 2. The molecule has 0 aromatic carbocycles. The van der Waals surface area contributed by atoms with Crippen LogP contribution in [0, 0.1) is 5.92 Å². The number of hydrogen-bond acceptors (Lipinski definition) is 1. The van der Waals surface area contributed by atoms with Crippen molar-refractivity contribution in [1.29, 1.82) is 0 Å². The van der Waals surface area contributed by atoms with Gasteiger partial charge in [-0.25, -0.2) is 0 Å². The summed E-state index contributed by atoms with van der Waals surface area (Å²) < 4.78 is 0. The van der Waals surface area contributed by atoms with Crippen LogP contribution in [0.5, 0.6) is 0 Å². The van der Waals surface area contributed by atoms with Gasteiger partial charge in [-0.1, -0.05) is 38.7 Å². The van der Waals surface area contributed by atoms with Crippen LogP contribution in [0.4, 0.5) is 0 Å². The zero-order valence-corrected chi connectivity index (χ0v) is 11.1. The van der Waals surface area contributed by atoms with Crippen LogP contribution in [0.1, 0.15) is 59.8 Å². The highest BCUT2D eigenvalue weighted by atomic mass is 14.7. The minimum absolute atomic E-state index is 0.758. The number of aliphatic imine (C=N–C) groups is 1. The van der Waals surface area contributed by atoms with Crippen LogP contribution in [0.3, 0.4) is 0 Å². The first-order valence-corrected chi connectivity index (χ1v) is 6.27. The molecule has 0 saturated carbocycles. The lowest BCUT2D eigenvalue weighted by atomic mass is 9.91. The summed E-state index contributed by atoms with van der Waals surface area (Å²) in [6.45, 7) is 8.86. The van der Waals surface area contributed by atoms with E-state index in [1.54, 1.807) is 0 Å². The molecule has 0 amide bonds. The predicted octanol–water partition coefficient (Wildman–Crippen LogP) is 4.63. The van der Waals surface area contributed by atoms with E-state index in [1.165, 1.54) is 37.7 Å². The molecule has 0 N–H and O–H groups in total. The quantitative estimate of drug-likeness (QED) is 0.428. The summed E-state index contributed by atoms with van der Waals surface area (Å²) in [4.78, 5) is 4.18. The van der Waals surface area contributed by atoms with Crippen LogP contribution in [0.2, 0.25) is 0 Å². The Morgan fingerprint density at radius 3 is 2.33 bits per heavy atom. The molecule has 0 aromatic rings. The highest BCUT2D eigenvalue weighted by Crippen LogP contribution is 2.21. The Balaban J connectivity index is 4.21. The first-order chi connectivity index (χ1) is 7.15. The van der Waals surface area contributed by atoms with E-state index >= 15 is 0 Å². The first kappa shape index (κ1) is 14.4. The van der Waals surface area contributed by atoms with E-state index in [4.69, 9.17) is 0 Å². The monoisotopic (exact) mass is 209 g/mol. The molecule has 88 valence electrons. The van der Waals surface area contributed by atoms with E-state index in [0.29, 0.717) is 0 Å². The smallest absolute Gasteiger partial charge is 0.0313 e. The Hall–Kier alpha value is -0.590. The van der Waals surface area contributed by atoms with Crippen molar-refractivity contribution >= 4 is 5.71 Å². The summed E-state index contributed by atoms with van der Waals surface area (Å²) in [5, 5.41) is 0. The number of hydrogen-bond donors (Lipinski definition) is 0. The van der Waals surface area contributed by atoms with Gasteiger partial charge in [0.1, 0.15) is 0 Å². The lowest BCUT2D eigenvalue weighted by Crippen LogP contribution is -2.02. The Bertz CT molecular complexity index is 213. The van der Waals surface area contributed by atoms with E-state index in [9.17, 15) is 0 Å². The fourth-order valence-corrected chi connectivity index (χ4v) is 1.91. The molecule has 0 aliphatic heterocycles. The third-order valence-electron chi connectivity index (χ3n) is 3.08. The molecule has 0 saturated heterocycles. The second kappa shape index (κ2) is 8.70. The van der Waals surface area contributed by atoms with Gasteiger partial charge in [0.2, 0.25) is 0 Å². The van der Waals surface area contributed by atoms with Crippen molar-refractivity contribution < 1.29 is 0 Å². The van der Waals surface area contributed by atoms with Crippen LogP contribution in [0.15, 0.2) is 16.6 Å². The molecular weight excluding hydrogens is 182 g/mol. The highest BCUT2D eigenvalue weighted by molar-refractivity contribution is 5.93. The molecule has 0 aliphatic carbocycles. The molecule has 1 unspecified atom stereocenters. The molecule has 0 aromatic heterocycles. The maximum atomic E-state index is 4.18. The van der Waals surface area contributed by atoms with Crippen LogP contribution >= 0.6 is 0 Å².